The summed E-state index contributed by atoms with van der Waals surface area (Å²) >= 11 is 0. The van der Waals surface area contributed by atoms with Crippen LogP contribution in [0.25, 0.3) is 0 Å². The number of nitrogens with one attached hydrogen (secondary N) is 1. The first kappa shape index (κ1) is 15.9. The van der Waals surface area contributed by atoms with E-state index in [0.29, 0.717) is 23.8 Å². The lowest BCUT2D eigenvalue weighted by Gasteiger charge is -2.27. The Hall–Kier alpha value is -2.94. The number of methoxy groups -OCH3 is 1. The zero-order valence-electron chi connectivity index (χ0n) is 13.3. The Kier molecular flexibility index (Phi) is 4.43. The van der Waals surface area contributed by atoms with Gasteiger partial charge in [0.25, 0.3) is 0 Å². The number of allylic oxidation sites excluding steroid dienone is 1. The number of nitrogens with zero attached hydrogens (tertiary/aromatic N) is 4. The fourth-order valence-electron chi connectivity index (χ4n) is 2.54. The van der Waals surface area contributed by atoms with Crippen LogP contribution in [0.5, 0.6) is 5.75 Å². The highest BCUT2D eigenvalue weighted by Gasteiger charge is 2.34. The summed E-state index contributed by atoms with van der Waals surface area (Å²) in [5.41, 5.74) is 1.76. The van der Waals surface area contributed by atoms with Crippen LogP contribution >= 0.6 is 0 Å². The summed E-state index contributed by atoms with van der Waals surface area (Å²) in [6.07, 6.45) is 0. The maximum absolute atomic E-state index is 12.6. The summed E-state index contributed by atoms with van der Waals surface area (Å²) in [5.74, 6) is 0.0878. The number of aromatic hydroxyl groups is 1. The van der Waals surface area contributed by atoms with Crippen molar-refractivity contribution in [2.75, 3.05) is 25.6 Å². The number of phenolic OH excluding ortho intramolecular Hbond substituents is 1. The van der Waals surface area contributed by atoms with Gasteiger partial charge in [0.1, 0.15) is 18.4 Å². The van der Waals surface area contributed by atoms with Gasteiger partial charge >= 0.3 is 5.97 Å². The van der Waals surface area contributed by atoms with Crippen molar-refractivity contribution in [3.8, 4) is 5.75 Å². The third-order valence-corrected chi connectivity index (χ3v) is 3.66. The van der Waals surface area contributed by atoms with Crippen LogP contribution in [0.1, 0.15) is 18.5 Å². The summed E-state index contributed by atoms with van der Waals surface area (Å²) in [5, 5.41) is 24.0. The molecule has 2 aromatic rings. The third-order valence-electron chi connectivity index (χ3n) is 3.66. The molecule has 0 fully saturated rings. The molecule has 24 heavy (non-hydrogen) atoms. The first-order valence-corrected chi connectivity index (χ1v) is 7.32. The Morgan fingerprint density at radius 3 is 2.79 bits per heavy atom. The van der Waals surface area contributed by atoms with Crippen molar-refractivity contribution in [1.29, 1.82) is 0 Å². The number of carbonyl (C=O) groups is 1. The smallest absolute Gasteiger partial charge is 0.338 e. The van der Waals surface area contributed by atoms with E-state index in [2.05, 4.69) is 20.8 Å². The second-order valence-electron chi connectivity index (χ2n) is 5.23. The fraction of sp³-hybridized carbons (Fsp3) is 0.333. The number of benzene rings is 1. The molecule has 9 nitrogen and oxygen atoms in total. The monoisotopic (exact) mass is 331 g/mol. The number of fused-ring (bicyclic) bond motifs is 1. The molecule has 3 rings (SSSR count). The van der Waals surface area contributed by atoms with Crippen LogP contribution in [0.15, 0.2) is 35.5 Å². The Morgan fingerprint density at radius 2 is 2.08 bits per heavy atom. The highest BCUT2D eigenvalue weighted by Crippen LogP contribution is 2.35. The second kappa shape index (κ2) is 6.67. The van der Waals surface area contributed by atoms with Crippen LogP contribution in [0.4, 0.5) is 5.95 Å². The lowest BCUT2D eigenvalue weighted by Crippen LogP contribution is -2.30. The lowest BCUT2D eigenvalue weighted by atomic mass is 9.96. The molecule has 1 aliphatic rings. The quantitative estimate of drug-likeness (QED) is 0.613. The number of ether oxygens (including phenoxy) is 2. The van der Waals surface area contributed by atoms with E-state index >= 15 is 0 Å². The number of esters is 1. The van der Waals surface area contributed by atoms with Gasteiger partial charge in [-0.2, -0.15) is 4.68 Å². The highest BCUT2D eigenvalue weighted by atomic mass is 16.6. The number of hydrogen-bond acceptors (Lipinski definition) is 8. The molecule has 1 aliphatic heterocycles. The molecule has 9 heteroatoms. The molecular weight excluding hydrogens is 314 g/mol. The molecular formula is C15H17N5O4. The fourth-order valence-corrected chi connectivity index (χ4v) is 2.54. The Bertz CT molecular complexity index is 768. The zero-order chi connectivity index (χ0) is 17.1. The summed E-state index contributed by atoms with van der Waals surface area (Å²) in [7, 11) is 1.53. The zero-order valence-corrected chi connectivity index (χ0v) is 13.3. The number of carbonyl (C=O) groups excluding carboxylic acids is 1. The minimum Gasteiger partial charge on any atom is -0.508 e. The molecule has 0 bridgehead atoms. The first-order valence-electron chi connectivity index (χ1n) is 7.32. The van der Waals surface area contributed by atoms with E-state index in [1.165, 1.54) is 11.8 Å². The van der Waals surface area contributed by atoms with Gasteiger partial charge in [0.2, 0.25) is 5.95 Å². The molecule has 1 atom stereocenters. The number of anilines is 1. The van der Waals surface area contributed by atoms with Gasteiger partial charge in [0, 0.05) is 12.8 Å². The summed E-state index contributed by atoms with van der Waals surface area (Å²) in [6, 6.07) is 5.97. The molecule has 2 N–H and O–H groups in total. The van der Waals surface area contributed by atoms with Crippen LogP contribution in [0, 0.1) is 0 Å². The number of aromatic nitrogens is 4. The number of rotatable bonds is 5. The van der Waals surface area contributed by atoms with E-state index in [1.54, 1.807) is 31.2 Å². The molecule has 0 saturated carbocycles. The van der Waals surface area contributed by atoms with E-state index in [0.717, 1.165) is 5.56 Å². The van der Waals surface area contributed by atoms with Crippen molar-refractivity contribution >= 4 is 11.9 Å². The van der Waals surface area contributed by atoms with E-state index in [1.807, 2.05) is 0 Å². The Morgan fingerprint density at radius 1 is 1.33 bits per heavy atom. The van der Waals surface area contributed by atoms with Crippen molar-refractivity contribution < 1.29 is 19.4 Å². The van der Waals surface area contributed by atoms with Gasteiger partial charge in [-0.25, -0.2) is 4.79 Å². The van der Waals surface area contributed by atoms with Crippen LogP contribution in [-0.4, -0.2) is 51.6 Å². The van der Waals surface area contributed by atoms with Crippen molar-refractivity contribution in [2.45, 2.75) is 13.0 Å². The van der Waals surface area contributed by atoms with Crippen LogP contribution < -0.4 is 5.32 Å². The van der Waals surface area contributed by atoms with Crippen molar-refractivity contribution in [1.82, 2.24) is 20.2 Å². The van der Waals surface area contributed by atoms with Gasteiger partial charge in [0.15, 0.2) is 0 Å². The predicted molar refractivity (Wildman–Crippen MR) is 83.2 cm³/mol. The molecule has 126 valence electrons. The molecule has 0 saturated heterocycles. The molecule has 0 unspecified atom stereocenters. The minimum atomic E-state index is -0.549. The van der Waals surface area contributed by atoms with Crippen molar-refractivity contribution in [2.24, 2.45) is 0 Å². The van der Waals surface area contributed by atoms with E-state index < -0.39 is 12.0 Å². The van der Waals surface area contributed by atoms with Crippen molar-refractivity contribution in [3.63, 3.8) is 0 Å². The molecule has 0 radical (unpaired) electrons. The molecule has 0 aliphatic carbocycles. The molecule has 0 spiro atoms. The average Bonchev–Trinajstić information content (AvgIpc) is 3.02. The summed E-state index contributed by atoms with van der Waals surface area (Å²) in [6.45, 7) is 2.22. The highest BCUT2D eigenvalue weighted by molar-refractivity contribution is 5.92. The molecule has 1 aromatic carbocycles. The van der Waals surface area contributed by atoms with Crippen molar-refractivity contribution in [3.05, 3.63) is 41.1 Å². The van der Waals surface area contributed by atoms with Gasteiger partial charge in [-0.1, -0.05) is 17.2 Å². The SMILES string of the molecule is COCCOC(=O)C1=C(C)Nc2nnnn2[C@@H]1c1ccc(O)cc1. The van der Waals surface area contributed by atoms with E-state index in [-0.39, 0.29) is 12.4 Å². The van der Waals surface area contributed by atoms with Gasteiger partial charge in [-0.3, -0.25) is 0 Å². The van der Waals surface area contributed by atoms with Gasteiger partial charge < -0.3 is 19.9 Å². The maximum Gasteiger partial charge on any atom is 0.338 e. The van der Waals surface area contributed by atoms with Gasteiger partial charge in [-0.15, -0.1) is 0 Å². The van der Waals surface area contributed by atoms with Gasteiger partial charge in [0.05, 0.1) is 12.2 Å². The molecule has 2 heterocycles. The Balaban J connectivity index is 2.00. The molecule has 0 amide bonds. The minimum absolute atomic E-state index is 0.134. The first-order chi connectivity index (χ1) is 11.6. The lowest BCUT2D eigenvalue weighted by molar-refractivity contribution is -0.140. The topological polar surface area (TPSA) is 111 Å². The van der Waals surface area contributed by atoms with E-state index in [9.17, 15) is 9.90 Å². The Labute approximate surface area is 137 Å². The average molecular weight is 331 g/mol. The standard InChI is InChI=1S/C15H17N5O4/c1-9-12(14(22)24-8-7-23-2)13(10-3-5-11(21)6-4-10)20-15(16-9)17-18-19-20/h3-6,13,21H,7-8H2,1-2H3,(H,16,17,19)/t13-/m1/s1. The van der Waals surface area contributed by atoms with Crippen LogP contribution in [0.3, 0.4) is 0 Å². The second-order valence-corrected chi connectivity index (χ2v) is 5.23. The third kappa shape index (κ3) is 2.93. The largest absolute Gasteiger partial charge is 0.508 e. The normalized spacial score (nSPS) is 16.5. The predicted octanol–water partition coefficient (Wildman–Crippen LogP) is 0.857. The molecule has 1 aromatic heterocycles. The number of phenols is 1. The van der Waals surface area contributed by atoms with Gasteiger partial charge in [-0.05, 0) is 35.0 Å². The number of tetrazole rings is 1. The van der Waals surface area contributed by atoms with Crippen LogP contribution in [0.2, 0.25) is 0 Å². The van der Waals surface area contributed by atoms with Crippen LogP contribution in [-0.2, 0) is 14.3 Å². The summed E-state index contributed by atoms with van der Waals surface area (Å²) in [4.78, 5) is 12.6. The summed E-state index contributed by atoms with van der Waals surface area (Å²) < 4.78 is 11.7. The number of hydrogen-bond donors (Lipinski definition) is 2. The van der Waals surface area contributed by atoms with E-state index in [4.69, 9.17) is 9.47 Å². The maximum atomic E-state index is 12.6.